The summed E-state index contributed by atoms with van der Waals surface area (Å²) in [6, 6.07) is 22.0. The third-order valence-electron chi connectivity index (χ3n) is 10.6. The van der Waals surface area contributed by atoms with Crippen LogP contribution in [-0.2, 0) is 17.6 Å². The number of aryl methyl sites for hydroxylation is 2. The number of nitrogens with zero attached hydrogens (tertiary/aromatic N) is 4. The van der Waals surface area contributed by atoms with Crippen molar-refractivity contribution in [3.8, 4) is 10.4 Å². The fraction of sp³-hybridized carbons (Fsp3) is 0.310. The topological polar surface area (TPSA) is 105 Å². The minimum Gasteiger partial charge on any atom is -0.381 e. The number of benzene rings is 2. The van der Waals surface area contributed by atoms with Gasteiger partial charge < -0.3 is 19.9 Å². The van der Waals surface area contributed by atoms with Crippen LogP contribution in [0.4, 0.5) is 20.9 Å². The van der Waals surface area contributed by atoms with Gasteiger partial charge in [-0.05, 0) is 98.2 Å². The van der Waals surface area contributed by atoms with Gasteiger partial charge in [-0.2, -0.15) is 0 Å². The number of anilines is 3. The molecular weight excluding hydrogens is 690 g/mol. The Balaban J connectivity index is 0.904. The zero-order valence-corrected chi connectivity index (χ0v) is 30.4. The summed E-state index contributed by atoms with van der Waals surface area (Å²) in [5.41, 5.74) is 6.07. The predicted molar refractivity (Wildman–Crippen MR) is 205 cm³/mol. The number of rotatable bonds is 9. The first kappa shape index (κ1) is 34.8. The van der Waals surface area contributed by atoms with Crippen molar-refractivity contribution in [2.45, 2.75) is 45.4 Å². The van der Waals surface area contributed by atoms with Crippen LogP contribution < -0.4 is 15.1 Å². The van der Waals surface area contributed by atoms with Crippen molar-refractivity contribution < 1.29 is 23.5 Å². The Bertz CT molecular complexity index is 2190. The highest BCUT2D eigenvalue weighted by Gasteiger charge is 2.45. The second-order valence-corrected chi connectivity index (χ2v) is 15.4. The van der Waals surface area contributed by atoms with Crippen LogP contribution in [0.3, 0.4) is 0 Å². The Kier molecular flexibility index (Phi) is 9.61. The summed E-state index contributed by atoms with van der Waals surface area (Å²) in [5.74, 6) is -0.470. The molecule has 6 heterocycles. The molecule has 0 saturated carbocycles. The number of Topliss-reactive ketones (excluding diaryl/α,β-unsaturated/α-hetero) is 1. The van der Waals surface area contributed by atoms with Crippen LogP contribution in [0, 0.1) is 18.2 Å². The summed E-state index contributed by atoms with van der Waals surface area (Å²) in [6.07, 6.45) is 7.78. The number of fused-ring (bicyclic) bond motifs is 3. The molecule has 53 heavy (non-hydrogen) atoms. The molecule has 1 N–H and O–H groups in total. The number of aromatic nitrogens is 2. The lowest BCUT2D eigenvalue weighted by Crippen LogP contribution is -2.59. The molecule has 0 bridgehead atoms. The summed E-state index contributed by atoms with van der Waals surface area (Å²) in [7, 11) is 0. The van der Waals surface area contributed by atoms with Crippen molar-refractivity contribution in [2.75, 3.05) is 48.0 Å². The molecule has 2 saturated heterocycles. The SMILES string of the molecule is Cc1cnc(N2CC3(CCOCC3)C2)c(C(=O)CCCc2ccc(C(=O)N3CCc4cc(NC(=O)c5ncccc5F)sc4-c4ccccc43)cc2)c1. The van der Waals surface area contributed by atoms with E-state index in [1.54, 1.807) is 0 Å². The standard InChI is InChI=1S/C42H40FN5O4S/c1-27-22-32(39(45-24-27)47-25-42(26-47)16-20-52-21-17-42)35(49)10-4-6-28-11-13-29(14-12-28)41(51)48-19-15-30-23-36(46-40(50)37-33(43)8-5-18-44-37)53-38(30)31-7-2-3-9-34(31)48/h2-3,5,7-9,11-14,18,22-24H,4,6,10,15-17,19-21,25-26H2,1H3,(H,46,50). The molecule has 8 rings (SSSR count). The van der Waals surface area contributed by atoms with E-state index in [0.717, 1.165) is 84.2 Å². The van der Waals surface area contributed by atoms with Gasteiger partial charge in [0.2, 0.25) is 0 Å². The third-order valence-corrected chi connectivity index (χ3v) is 11.7. The van der Waals surface area contributed by atoms with Gasteiger partial charge >= 0.3 is 0 Å². The van der Waals surface area contributed by atoms with E-state index in [4.69, 9.17) is 9.72 Å². The molecule has 11 heteroatoms. The highest BCUT2D eigenvalue weighted by molar-refractivity contribution is 7.19. The molecule has 0 aliphatic carbocycles. The number of pyridine rings is 2. The monoisotopic (exact) mass is 729 g/mol. The van der Waals surface area contributed by atoms with Crippen molar-refractivity contribution in [3.63, 3.8) is 0 Å². The zero-order chi connectivity index (χ0) is 36.5. The fourth-order valence-electron chi connectivity index (χ4n) is 7.70. The number of ketones is 1. The third kappa shape index (κ3) is 7.11. The molecule has 270 valence electrons. The van der Waals surface area contributed by atoms with Gasteiger partial charge in [0.05, 0.1) is 16.3 Å². The smallest absolute Gasteiger partial charge is 0.277 e. The second kappa shape index (κ2) is 14.6. The molecule has 2 fully saturated rings. The average molecular weight is 730 g/mol. The van der Waals surface area contributed by atoms with E-state index in [1.807, 2.05) is 78.7 Å². The van der Waals surface area contributed by atoms with Crippen molar-refractivity contribution >= 4 is 45.4 Å². The second-order valence-electron chi connectivity index (χ2n) is 14.3. The summed E-state index contributed by atoms with van der Waals surface area (Å²) < 4.78 is 19.7. The van der Waals surface area contributed by atoms with Gasteiger partial charge in [0.15, 0.2) is 17.3 Å². The van der Waals surface area contributed by atoms with Crippen LogP contribution in [0.5, 0.6) is 0 Å². The Morgan fingerprint density at radius 2 is 1.77 bits per heavy atom. The first-order valence-corrected chi connectivity index (χ1v) is 19.0. The number of hydrogen-bond donors (Lipinski definition) is 1. The highest BCUT2D eigenvalue weighted by Crippen LogP contribution is 2.44. The maximum atomic E-state index is 14.2. The Morgan fingerprint density at radius 1 is 0.981 bits per heavy atom. The average Bonchev–Trinajstić information content (AvgIpc) is 3.49. The van der Waals surface area contributed by atoms with Crippen LogP contribution in [-0.4, -0.2) is 60.4 Å². The number of carbonyl (C=O) groups excluding carboxylic acids is 3. The lowest BCUT2D eigenvalue weighted by atomic mass is 9.73. The molecule has 5 aromatic rings. The van der Waals surface area contributed by atoms with E-state index in [0.29, 0.717) is 41.9 Å². The Labute approximate surface area is 311 Å². The number of nitrogens with one attached hydrogen (secondary N) is 1. The highest BCUT2D eigenvalue weighted by atomic mass is 32.1. The molecule has 0 atom stereocenters. The Morgan fingerprint density at radius 3 is 2.57 bits per heavy atom. The zero-order valence-electron chi connectivity index (χ0n) is 29.6. The first-order valence-electron chi connectivity index (χ1n) is 18.1. The lowest BCUT2D eigenvalue weighted by Gasteiger charge is -2.53. The van der Waals surface area contributed by atoms with Gasteiger partial charge in [-0.1, -0.05) is 30.3 Å². The minimum absolute atomic E-state index is 0.0958. The maximum absolute atomic E-state index is 14.2. The predicted octanol–water partition coefficient (Wildman–Crippen LogP) is 7.93. The summed E-state index contributed by atoms with van der Waals surface area (Å²) in [5, 5.41) is 3.39. The summed E-state index contributed by atoms with van der Waals surface area (Å²) in [6.45, 7) is 5.89. The van der Waals surface area contributed by atoms with Crippen molar-refractivity contribution in [2.24, 2.45) is 5.41 Å². The lowest BCUT2D eigenvalue weighted by molar-refractivity contribution is -0.000516. The van der Waals surface area contributed by atoms with E-state index in [1.165, 1.54) is 29.7 Å². The molecule has 1 spiro atoms. The Hall–Kier alpha value is -5.26. The molecule has 3 aromatic heterocycles. The number of amides is 2. The first-order chi connectivity index (χ1) is 25.8. The molecule has 3 aliphatic rings. The number of ether oxygens (including phenoxy) is 1. The van der Waals surface area contributed by atoms with E-state index in [9.17, 15) is 18.8 Å². The van der Waals surface area contributed by atoms with Gasteiger partial charge in [0.1, 0.15) is 5.82 Å². The molecule has 9 nitrogen and oxygen atoms in total. The van der Waals surface area contributed by atoms with Crippen molar-refractivity contribution in [1.29, 1.82) is 0 Å². The van der Waals surface area contributed by atoms with Gasteiger partial charge in [0.25, 0.3) is 11.8 Å². The fourth-order valence-corrected chi connectivity index (χ4v) is 8.84. The van der Waals surface area contributed by atoms with Crippen LogP contribution >= 0.6 is 11.3 Å². The van der Waals surface area contributed by atoms with Crippen molar-refractivity contribution in [1.82, 2.24) is 9.97 Å². The molecule has 2 amide bonds. The number of carbonyl (C=O) groups is 3. The van der Waals surface area contributed by atoms with Gasteiger partial charge in [0, 0.05) is 73.1 Å². The van der Waals surface area contributed by atoms with Crippen molar-refractivity contribution in [3.05, 3.63) is 125 Å². The number of thiophene rings is 1. The van der Waals surface area contributed by atoms with E-state index < -0.39 is 11.7 Å². The number of halogens is 1. The van der Waals surface area contributed by atoms with Gasteiger partial charge in [-0.25, -0.2) is 14.4 Å². The van der Waals surface area contributed by atoms with Crippen LogP contribution in [0.25, 0.3) is 10.4 Å². The van der Waals surface area contributed by atoms with Gasteiger partial charge in [-0.15, -0.1) is 11.3 Å². The molecule has 2 aromatic carbocycles. The molecule has 0 unspecified atom stereocenters. The minimum atomic E-state index is -0.679. The quantitative estimate of drug-likeness (QED) is 0.154. The maximum Gasteiger partial charge on any atom is 0.277 e. The molecule has 0 radical (unpaired) electrons. The largest absolute Gasteiger partial charge is 0.381 e. The summed E-state index contributed by atoms with van der Waals surface area (Å²) in [4.78, 5) is 53.8. The van der Waals surface area contributed by atoms with Gasteiger partial charge in [-0.3, -0.25) is 14.4 Å². The van der Waals surface area contributed by atoms with E-state index in [2.05, 4.69) is 15.2 Å². The number of para-hydroxylation sites is 1. The van der Waals surface area contributed by atoms with E-state index in [-0.39, 0.29) is 22.8 Å². The van der Waals surface area contributed by atoms with Crippen LogP contribution in [0.1, 0.15) is 73.6 Å². The van der Waals surface area contributed by atoms with Crippen LogP contribution in [0.15, 0.2) is 85.2 Å². The molecular formula is C42H40FN5O4S. The van der Waals surface area contributed by atoms with E-state index >= 15 is 0 Å². The summed E-state index contributed by atoms with van der Waals surface area (Å²) >= 11 is 1.40. The van der Waals surface area contributed by atoms with Crippen LogP contribution in [0.2, 0.25) is 0 Å². The number of hydrogen-bond acceptors (Lipinski definition) is 8. The molecule has 3 aliphatic heterocycles. The normalized spacial score (nSPS) is 16.0.